The Morgan fingerprint density at radius 1 is 0.731 bits per heavy atom. The standard InChI is InChI=1S/C25H36O/c1-5-6-7-8-15-20-23(24(2,3)4)25(26,21-16-11-9-12-17-21)22-18-13-10-14-19-22/h9-14,16-19,23,26H,5-8,15,20H2,1-4H3. The van der Waals surface area contributed by atoms with Gasteiger partial charge in [-0.15, -0.1) is 0 Å². The molecule has 1 heteroatoms. The normalized spacial score (nSPS) is 13.6. The van der Waals surface area contributed by atoms with E-state index in [0.717, 1.165) is 17.5 Å². The molecule has 0 saturated carbocycles. The number of hydrogen-bond acceptors (Lipinski definition) is 1. The van der Waals surface area contributed by atoms with Crippen LogP contribution < -0.4 is 0 Å². The summed E-state index contributed by atoms with van der Waals surface area (Å²) >= 11 is 0. The summed E-state index contributed by atoms with van der Waals surface area (Å²) in [7, 11) is 0. The van der Waals surface area contributed by atoms with E-state index in [1.807, 2.05) is 36.4 Å². The molecule has 0 heterocycles. The van der Waals surface area contributed by atoms with Crippen LogP contribution in [0.5, 0.6) is 0 Å². The van der Waals surface area contributed by atoms with E-state index >= 15 is 0 Å². The maximum absolute atomic E-state index is 12.2. The van der Waals surface area contributed by atoms with E-state index in [4.69, 9.17) is 0 Å². The van der Waals surface area contributed by atoms with Gasteiger partial charge in [0.05, 0.1) is 0 Å². The Kier molecular flexibility index (Phi) is 7.46. The van der Waals surface area contributed by atoms with E-state index in [1.165, 1.54) is 32.1 Å². The molecule has 2 rings (SSSR count). The van der Waals surface area contributed by atoms with Gasteiger partial charge in [0.2, 0.25) is 0 Å². The Hall–Kier alpha value is -1.60. The molecule has 2 aromatic carbocycles. The molecule has 2 aromatic rings. The Morgan fingerprint density at radius 2 is 1.19 bits per heavy atom. The maximum atomic E-state index is 12.2. The van der Waals surface area contributed by atoms with E-state index < -0.39 is 5.60 Å². The summed E-state index contributed by atoms with van der Waals surface area (Å²) in [5.41, 5.74) is 1.04. The second kappa shape index (κ2) is 9.37. The monoisotopic (exact) mass is 352 g/mol. The molecule has 26 heavy (non-hydrogen) atoms. The van der Waals surface area contributed by atoms with Gasteiger partial charge in [0.15, 0.2) is 0 Å². The van der Waals surface area contributed by atoms with E-state index in [-0.39, 0.29) is 11.3 Å². The fraction of sp³-hybridized carbons (Fsp3) is 0.520. The number of rotatable bonds is 9. The summed E-state index contributed by atoms with van der Waals surface area (Å²) in [6.45, 7) is 9.04. The first-order chi connectivity index (χ1) is 12.4. The highest BCUT2D eigenvalue weighted by Gasteiger charge is 2.45. The van der Waals surface area contributed by atoms with Gasteiger partial charge in [-0.2, -0.15) is 0 Å². The average molecular weight is 353 g/mol. The van der Waals surface area contributed by atoms with Crippen LogP contribution in [-0.2, 0) is 5.60 Å². The first kappa shape index (κ1) is 20.7. The molecule has 142 valence electrons. The van der Waals surface area contributed by atoms with Crippen molar-refractivity contribution in [1.82, 2.24) is 0 Å². The third-order valence-electron chi connectivity index (χ3n) is 5.57. The molecule has 0 aliphatic heterocycles. The Labute approximate surface area is 160 Å². The molecule has 0 fully saturated rings. The fourth-order valence-electron chi connectivity index (χ4n) is 4.17. The van der Waals surface area contributed by atoms with Gasteiger partial charge in [0, 0.05) is 5.92 Å². The van der Waals surface area contributed by atoms with Crippen LogP contribution in [0.25, 0.3) is 0 Å². The molecule has 0 aromatic heterocycles. The lowest BCUT2D eigenvalue weighted by atomic mass is 9.63. The van der Waals surface area contributed by atoms with E-state index in [0.29, 0.717) is 0 Å². The molecule has 1 nitrogen and oxygen atoms in total. The smallest absolute Gasteiger partial charge is 0.118 e. The van der Waals surface area contributed by atoms with Crippen LogP contribution >= 0.6 is 0 Å². The highest BCUT2D eigenvalue weighted by molar-refractivity contribution is 5.37. The summed E-state index contributed by atoms with van der Waals surface area (Å²) in [5, 5.41) is 12.2. The van der Waals surface area contributed by atoms with Crippen LogP contribution in [0.3, 0.4) is 0 Å². The Balaban J connectivity index is 2.39. The van der Waals surface area contributed by atoms with Crippen molar-refractivity contribution in [2.75, 3.05) is 0 Å². The molecule has 0 spiro atoms. The second-order valence-electron chi connectivity index (χ2n) is 8.62. The minimum absolute atomic E-state index is 0.00515. The van der Waals surface area contributed by atoms with E-state index in [2.05, 4.69) is 52.0 Å². The van der Waals surface area contributed by atoms with Crippen LogP contribution in [0.2, 0.25) is 0 Å². The fourth-order valence-corrected chi connectivity index (χ4v) is 4.17. The Bertz CT molecular complexity index is 585. The lowest BCUT2D eigenvalue weighted by molar-refractivity contribution is -0.0398. The number of hydrogen-bond donors (Lipinski definition) is 1. The van der Waals surface area contributed by atoms with Crippen LogP contribution in [0.1, 0.15) is 77.3 Å². The third-order valence-corrected chi connectivity index (χ3v) is 5.57. The highest BCUT2D eigenvalue weighted by Crippen LogP contribution is 2.47. The first-order valence-electron chi connectivity index (χ1n) is 10.2. The van der Waals surface area contributed by atoms with Gasteiger partial charge in [0.25, 0.3) is 0 Å². The lowest BCUT2D eigenvalue weighted by Gasteiger charge is -2.45. The van der Waals surface area contributed by atoms with Crippen molar-refractivity contribution in [3.8, 4) is 0 Å². The minimum atomic E-state index is -0.967. The SMILES string of the molecule is CCCCCCCC(C(C)(C)C)C(O)(c1ccccc1)c1ccccc1. The Morgan fingerprint density at radius 3 is 1.62 bits per heavy atom. The van der Waals surface area contributed by atoms with Crippen LogP contribution in [0, 0.1) is 11.3 Å². The minimum Gasteiger partial charge on any atom is -0.380 e. The second-order valence-corrected chi connectivity index (χ2v) is 8.62. The third kappa shape index (κ3) is 4.98. The van der Waals surface area contributed by atoms with Crippen LogP contribution in [-0.4, -0.2) is 5.11 Å². The highest BCUT2D eigenvalue weighted by atomic mass is 16.3. The van der Waals surface area contributed by atoms with Crippen molar-refractivity contribution in [2.24, 2.45) is 11.3 Å². The van der Waals surface area contributed by atoms with Crippen molar-refractivity contribution in [1.29, 1.82) is 0 Å². The van der Waals surface area contributed by atoms with Gasteiger partial charge in [-0.25, -0.2) is 0 Å². The molecule has 0 amide bonds. The summed E-state index contributed by atoms with van der Waals surface area (Å²) in [5.74, 6) is 0.154. The molecule has 0 aliphatic rings. The summed E-state index contributed by atoms with van der Waals surface area (Å²) < 4.78 is 0. The van der Waals surface area contributed by atoms with Gasteiger partial charge in [-0.1, -0.05) is 120 Å². The topological polar surface area (TPSA) is 20.2 Å². The van der Waals surface area contributed by atoms with Gasteiger partial charge in [-0.05, 0) is 23.0 Å². The zero-order valence-electron chi connectivity index (χ0n) is 17.0. The predicted octanol–water partition coefficient (Wildman–Crippen LogP) is 6.95. The molecule has 0 aliphatic carbocycles. The molecular weight excluding hydrogens is 316 g/mol. The number of aliphatic hydroxyl groups is 1. The molecule has 0 saturated heterocycles. The molecule has 1 atom stereocenters. The zero-order valence-corrected chi connectivity index (χ0v) is 17.0. The van der Waals surface area contributed by atoms with Gasteiger partial charge < -0.3 is 5.11 Å². The zero-order chi connectivity index (χ0) is 19.0. The van der Waals surface area contributed by atoms with E-state index in [9.17, 15) is 5.11 Å². The molecule has 0 radical (unpaired) electrons. The van der Waals surface area contributed by atoms with Crippen molar-refractivity contribution in [3.63, 3.8) is 0 Å². The molecular formula is C25H36O. The van der Waals surface area contributed by atoms with E-state index in [1.54, 1.807) is 0 Å². The lowest BCUT2D eigenvalue weighted by Crippen LogP contribution is -2.43. The van der Waals surface area contributed by atoms with Gasteiger partial charge >= 0.3 is 0 Å². The summed E-state index contributed by atoms with van der Waals surface area (Å²) in [6.07, 6.45) is 7.32. The molecule has 1 N–H and O–H groups in total. The number of benzene rings is 2. The van der Waals surface area contributed by atoms with Crippen molar-refractivity contribution >= 4 is 0 Å². The molecule has 1 unspecified atom stereocenters. The summed E-state index contributed by atoms with van der Waals surface area (Å²) in [4.78, 5) is 0. The van der Waals surface area contributed by atoms with Crippen LogP contribution in [0.15, 0.2) is 60.7 Å². The van der Waals surface area contributed by atoms with Crippen molar-refractivity contribution in [3.05, 3.63) is 71.8 Å². The quantitative estimate of drug-likeness (QED) is 0.484. The van der Waals surface area contributed by atoms with Crippen molar-refractivity contribution < 1.29 is 5.11 Å². The maximum Gasteiger partial charge on any atom is 0.118 e. The predicted molar refractivity (Wildman–Crippen MR) is 112 cm³/mol. The van der Waals surface area contributed by atoms with Gasteiger partial charge in [0.1, 0.15) is 5.60 Å². The first-order valence-corrected chi connectivity index (χ1v) is 10.2. The van der Waals surface area contributed by atoms with Crippen LogP contribution in [0.4, 0.5) is 0 Å². The van der Waals surface area contributed by atoms with Crippen molar-refractivity contribution in [2.45, 2.75) is 71.8 Å². The average Bonchev–Trinajstić information content (AvgIpc) is 2.64. The summed E-state index contributed by atoms with van der Waals surface area (Å²) in [6, 6.07) is 20.5. The molecule has 0 bridgehead atoms. The number of unbranched alkanes of at least 4 members (excludes halogenated alkanes) is 4. The largest absolute Gasteiger partial charge is 0.380 e. The van der Waals surface area contributed by atoms with Gasteiger partial charge in [-0.3, -0.25) is 0 Å².